The van der Waals surface area contributed by atoms with Crippen molar-refractivity contribution in [1.82, 2.24) is 0 Å². The summed E-state index contributed by atoms with van der Waals surface area (Å²) in [7, 11) is 0. The van der Waals surface area contributed by atoms with Gasteiger partial charge in [0.1, 0.15) is 13.2 Å². The molecule has 0 aliphatic heterocycles. The summed E-state index contributed by atoms with van der Waals surface area (Å²) in [5.74, 6) is -1.01. The van der Waals surface area contributed by atoms with Crippen molar-refractivity contribution in [2.45, 2.75) is 181 Å². The van der Waals surface area contributed by atoms with E-state index in [-0.39, 0.29) is 37.5 Å². The second-order valence-corrected chi connectivity index (χ2v) is 14.6. The number of carbonyl (C=O) groups excluding carboxylic acids is 3. The molecule has 0 bridgehead atoms. The SMILES string of the molecule is CC/C=C/C=C/C=C/C=C/CCCCCC(=O)OCC(COC(=O)CCCCCC/C=C/C/C=C/C/C=C/CC)OC(=O)CCCCCC/C=C/C/C=C/C/C=C/CC. The smallest absolute Gasteiger partial charge is 0.306 e. The molecule has 0 aromatic heterocycles. The van der Waals surface area contributed by atoms with Crippen LogP contribution in [-0.4, -0.2) is 37.2 Å². The lowest BCUT2D eigenvalue weighted by Crippen LogP contribution is -2.30. The van der Waals surface area contributed by atoms with Crippen molar-refractivity contribution in [3.63, 3.8) is 0 Å². The third-order valence-corrected chi connectivity index (χ3v) is 9.04. The molecule has 0 fully saturated rings. The Balaban J connectivity index is 4.56. The molecule has 0 saturated heterocycles. The van der Waals surface area contributed by atoms with E-state index in [9.17, 15) is 14.4 Å². The maximum absolute atomic E-state index is 12.7. The number of hydrogen-bond donors (Lipinski definition) is 0. The molecule has 0 heterocycles. The molecule has 0 radical (unpaired) electrons. The Morgan fingerprint density at radius 2 is 0.695 bits per heavy atom. The molecule has 0 aliphatic carbocycles. The van der Waals surface area contributed by atoms with Gasteiger partial charge in [-0.2, -0.15) is 0 Å². The summed E-state index contributed by atoms with van der Waals surface area (Å²) < 4.78 is 16.7. The fourth-order valence-electron chi connectivity index (χ4n) is 5.65. The molecule has 0 aromatic rings. The van der Waals surface area contributed by atoms with E-state index in [1.807, 2.05) is 36.5 Å². The molecular formula is C53H82O6. The number of hydrogen-bond acceptors (Lipinski definition) is 6. The van der Waals surface area contributed by atoms with Gasteiger partial charge in [0.15, 0.2) is 6.10 Å². The number of ether oxygens (including phenoxy) is 3. The molecule has 59 heavy (non-hydrogen) atoms. The maximum Gasteiger partial charge on any atom is 0.306 e. The summed E-state index contributed by atoms with van der Waals surface area (Å²) >= 11 is 0. The summed E-state index contributed by atoms with van der Waals surface area (Å²) in [6.45, 7) is 6.16. The van der Waals surface area contributed by atoms with E-state index in [0.29, 0.717) is 12.8 Å². The van der Waals surface area contributed by atoms with Gasteiger partial charge in [0.2, 0.25) is 0 Å². The highest BCUT2D eigenvalue weighted by molar-refractivity contribution is 5.71. The number of allylic oxidation sites excluding steroid dienone is 20. The predicted molar refractivity (Wildman–Crippen MR) is 251 cm³/mol. The standard InChI is InChI=1S/C53H82O6/c1-4-7-10-13-16-19-22-25-28-31-34-37-40-43-46-52(55)58-49-50(48-57-51(54)45-42-39-36-33-30-27-24-21-18-15-12-9-6-3)59-53(56)47-44-41-38-35-32-29-26-23-20-17-14-11-8-5-2/h7-12,15-21,24-30,50H,4-6,13-14,22-23,31-49H2,1-3H3/b10-7+,11-8+,12-9+,18-15+,19-16+,20-17+,24-21+,28-25+,29-26+,30-27+. The van der Waals surface area contributed by atoms with Gasteiger partial charge in [-0.05, 0) is 103 Å². The number of carbonyl (C=O) groups is 3. The van der Waals surface area contributed by atoms with Gasteiger partial charge in [-0.3, -0.25) is 14.4 Å². The second kappa shape index (κ2) is 46.5. The Labute approximate surface area is 361 Å². The first-order valence-electron chi connectivity index (χ1n) is 23.1. The number of rotatable bonds is 39. The fraction of sp³-hybridized carbons (Fsp3) is 0.566. The second-order valence-electron chi connectivity index (χ2n) is 14.6. The topological polar surface area (TPSA) is 78.9 Å². The number of unbranched alkanes of at least 4 members (excludes halogenated alkanes) is 11. The lowest BCUT2D eigenvalue weighted by atomic mass is 10.1. The van der Waals surface area contributed by atoms with Crippen molar-refractivity contribution < 1.29 is 28.6 Å². The summed E-state index contributed by atoms with van der Waals surface area (Å²) in [4.78, 5) is 37.8. The van der Waals surface area contributed by atoms with E-state index in [0.717, 1.165) is 135 Å². The van der Waals surface area contributed by atoms with Crippen LogP contribution in [0.1, 0.15) is 175 Å². The van der Waals surface area contributed by atoms with E-state index in [1.165, 1.54) is 0 Å². The summed E-state index contributed by atoms with van der Waals surface area (Å²) in [6, 6.07) is 0. The van der Waals surface area contributed by atoms with E-state index < -0.39 is 6.10 Å². The van der Waals surface area contributed by atoms with Crippen LogP contribution in [0.2, 0.25) is 0 Å². The highest BCUT2D eigenvalue weighted by Gasteiger charge is 2.19. The van der Waals surface area contributed by atoms with Gasteiger partial charge in [0.05, 0.1) is 0 Å². The van der Waals surface area contributed by atoms with Gasteiger partial charge in [-0.1, -0.05) is 174 Å². The summed E-state index contributed by atoms with van der Waals surface area (Å²) in [5, 5.41) is 0. The normalized spacial score (nSPS) is 13.2. The van der Waals surface area contributed by atoms with Crippen LogP contribution < -0.4 is 0 Å². The Morgan fingerprint density at radius 1 is 0.356 bits per heavy atom. The molecular weight excluding hydrogens is 733 g/mol. The van der Waals surface area contributed by atoms with Crippen molar-refractivity contribution in [3.8, 4) is 0 Å². The zero-order valence-corrected chi connectivity index (χ0v) is 37.5. The van der Waals surface area contributed by atoms with Crippen LogP contribution in [0.5, 0.6) is 0 Å². The van der Waals surface area contributed by atoms with E-state index >= 15 is 0 Å². The zero-order valence-electron chi connectivity index (χ0n) is 37.5. The van der Waals surface area contributed by atoms with Gasteiger partial charge in [-0.25, -0.2) is 0 Å². The maximum atomic E-state index is 12.7. The van der Waals surface area contributed by atoms with E-state index in [1.54, 1.807) is 0 Å². The highest BCUT2D eigenvalue weighted by Crippen LogP contribution is 2.11. The van der Waals surface area contributed by atoms with Crippen LogP contribution >= 0.6 is 0 Å². The molecule has 1 atom stereocenters. The minimum absolute atomic E-state index is 0.116. The zero-order chi connectivity index (χ0) is 43.0. The summed E-state index contributed by atoms with van der Waals surface area (Å²) in [5.41, 5.74) is 0. The monoisotopic (exact) mass is 815 g/mol. The van der Waals surface area contributed by atoms with Crippen molar-refractivity contribution in [2.24, 2.45) is 0 Å². The van der Waals surface area contributed by atoms with Gasteiger partial charge < -0.3 is 14.2 Å². The molecule has 0 aliphatic rings. The third-order valence-electron chi connectivity index (χ3n) is 9.04. The Kier molecular flexibility index (Phi) is 43.2. The molecule has 6 heteroatoms. The minimum Gasteiger partial charge on any atom is -0.462 e. The summed E-state index contributed by atoms with van der Waals surface area (Å²) in [6.07, 6.45) is 63.2. The molecule has 0 aromatic carbocycles. The Bertz CT molecular complexity index is 1300. The van der Waals surface area contributed by atoms with E-state index in [2.05, 4.69) is 106 Å². The van der Waals surface area contributed by atoms with E-state index in [4.69, 9.17) is 14.2 Å². The lowest BCUT2D eigenvalue weighted by Gasteiger charge is -2.18. The van der Waals surface area contributed by atoms with Crippen molar-refractivity contribution in [3.05, 3.63) is 122 Å². The Morgan fingerprint density at radius 3 is 1.15 bits per heavy atom. The average molecular weight is 815 g/mol. The van der Waals surface area contributed by atoms with Crippen LogP contribution in [0.15, 0.2) is 122 Å². The first-order valence-corrected chi connectivity index (χ1v) is 23.1. The van der Waals surface area contributed by atoms with Gasteiger partial charge in [0, 0.05) is 19.3 Å². The predicted octanol–water partition coefficient (Wildman–Crippen LogP) is 15.0. The first-order chi connectivity index (χ1) is 29.0. The van der Waals surface area contributed by atoms with Gasteiger partial charge in [0.25, 0.3) is 0 Å². The molecule has 0 spiro atoms. The quantitative estimate of drug-likeness (QED) is 0.0202. The van der Waals surface area contributed by atoms with Gasteiger partial charge in [-0.15, -0.1) is 0 Å². The molecule has 0 N–H and O–H groups in total. The van der Waals surface area contributed by atoms with Crippen molar-refractivity contribution in [1.29, 1.82) is 0 Å². The molecule has 1 unspecified atom stereocenters. The largest absolute Gasteiger partial charge is 0.462 e. The molecule has 0 saturated carbocycles. The van der Waals surface area contributed by atoms with Gasteiger partial charge >= 0.3 is 17.9 Å². The Hall–Kier alpha value is -4.19. The molecule has 0 amide bonds. The minimum atomic E-state index is -0.817. The molecule has 0 rings (SSSR count). The average Bonchev–Trinajstić information content (AvgIpc) is 3.23. The van der Waals surface area contributed by atoms with Crippen LogP contribution in [0.25, 0.3) is 0 Å². The molecule has 330 valence electrons. The molecule has 6 nitrogen and oxygen atoms in total. The lowest BCUT2D eigenvalue weighted by molar-refractivity contribution is -0.167. The third kappa shape index (κ3) is 44.8. The van der Waals surface area contributed by atoms with Crippen LogP contribution in [-0.2, 0) is 28.6 Å². The van der Waals surface area contributed by atoms with Crippen LogP contribution in [0.4, 0.5) is 0 Å². The fourth-order valence-corrected chi connectivity index (χ4v) is 5.65. The first kappa shape index (κ1) is 54.8. The van der Waals surface area contributed by atoms with Crippen LogP contribution in [0.3, 0.4) is 0 Å². The van der Waals surface area contributed by atoms with Crippen molar-refractivity contribution in [2.75, 3.05) is 13.2 Å². The number of esters is 3. The van der Waals surface area contributed by atoms with Crippen LogP contribution in [0, 0.1) is 0 Å². The highest BCUT2D eigenvalue weighted by atomic mass is 16.6. The van der Waals surface area contributed by atoms with Crippen molar-refractivity contribution >= 4 is 17.9 Å².